The summed E-state index contributed by atoms with van der Waals surface area (Å²) in [6.45, 7) is 3.65. The molecule has 0 spiro atoms. The molecule has 11 nitrogen and oxygen atoms in total. The Morgan fingerprint density at radius 1 is 1.00 bits per heavy atom. The number of hydrogen-bond donors (Lipinski definition) is 2. The van der Waals surface area contributed by atoms with Crippen molar-refractivity contribution in [2.45, 2.75) is 45.6 Å². The number of halogens is 1. The second kappa shape index (κ2) is 12.5. The van der Waals surface area contributed by atoms with Gasteiger partial charge in [0.25, 0.3) is 0 Å². The summed E-state index contributed by atoms with van der Waals surface area (Å²) in [7, 11) is 1.71. The number of fused-ring (bicyclic) bond motifs is 5. The Labute approximate surface area is 319 Å². The van der Waals surface area contributed by atoms with Crippen molar-refractivity contribution >= 4 is 62.5 Å². The Morgan fingerprint density at radius 2 is 1.78 bits per heavy atom. The number of benzene rings is 2. The van der Waals surface area contributed by atoms with Crippen LogP contribution in [0.15, 0.2) is 76.7 Å². The van der Waals surface area contributed by atoms with Crippen LogP contribution in [0.25, 0.3) is 20.7 Å². The van der Waals surface area contributed by atoms with Crippen molar-refractivity contribution in [1.82, 2.24) is 14.7 Å². The number of allylic oxidation sites excluding steroid dienone is 2. The Hall–Kier alpha value is -5.04. The minimum atomic E-state index is -1.30. The van der Waals surface area contributed by atoms with E-state index in [4.69, 9.17) is 21.1 Å². The smallest absolute Gasteiger partial charge is 0.242 e. The number of anilines is 1. The molecule has 2 N–H and O–H groups in total. The number of carbonyl (C=O) groups is 4. The average Bonchev–Trinajstić information content (AvgIpc) is 3.95. The fourth-order valence-corrected chi connectivity index (χ4v) is 10.9. The van der Waals surface area contributed by atoms with Gasteiger partial charge >= 0.3 is 0 Å². The number of likely N-dealkylation sites (tertiary alicyclic amines) is 1. The summed E-state index contributed by atoms with van der Waals surface area (Å²) >= 11 is 7.87. The maximum Gasteiger partial charge on any atom is 0.242 e. The number of aromatic hydroxyl groups is 1. The van der Waals surface area contributed by atoms with E-state index in [0.717, 1.165) is 31.7 Å². The monoisotopic (exact) mass is 764 g/mol. The maximum atomic E-state index is 15.0. The fraction of sp³-hybridized carbons (Fsp3) is 0.341. The highest BCUT2D eigenvalue weighted by Crippen LogP contribution is 2.63. The molecule has 54 heavy (non-hydrogen) atoms. The lowest BCUT2D eigenvalue weighted by Gasteiger charge is -2.48. The van der Waals surface area contributed by atoms with E-state index in [-0.39, 0.29) is 37.1 Å². The third-order valence-electron chi connectivity index (χ3n) is 12.3. The SMILES string of the molecule is Cc1c(-c2cc(N3C(=O)[C@@H]4C[C@@H]5C(=CC[C@@H]6C(=O)N(CCc7ccc(O)cc7)C(=O)[C@@H]65)[C@H](c5ccc(CO)o5)[C@]4(C)C3=O)n(C)n2)sc2ccc(Cl)cc12. The number of phenols is 1. The third-order valence-corrected chi connectivity index (χ3v) is 13.8. The average molecular weight is 765 g/mol. The zero-order valence-electron chi connectivity index (χ0n) is 29.8. The van der Waals surface area contributed by atoms with Crippen LogP contribution in [0.2, 0.25) is 5.02 Å². The summed E-state index contributed by atoms with van der Waals surface area (Å²) < 4.78 is 8.75. The van der Waals surface area contributed by atoms with Crippen LogP contribution < -0.4 is 4.90 Å². The van der Waals surface area contributed by atoms with Crippen LogP contribution in [-0.2, 0) is 39.3 Å². The summed E-state index contributed by atoms with van der Waals surface area (Å²) in [4.78, 5) is 61.4. The quantitative estimate of drug-likeness (QED) is 0.141. The topological polar surface area (TPSA) is 146 Å². The first kappa shape index (κ1) is 34.7. The number of aryl methyl sites for hydroxylation is 2. The molecular weight excluding hydrogens is 728 g/mol. The highest BCUT2D eigenvalue weighted by atomic mass is 35.5. The number of amides is 4. The van der Waals surface area contributed by atoms with Crippen LogP contribution in [0.5, 0.6) is 5.75 Å². The third kappa shape index (κ3) is 4.99. The first-order chi connectivity index (χ1) is 25.9. The van der Waals surface area contributed by atoms with E-state index in [9.17, 15) is 29.4 Å². The van der Waals surface area contributed by atoms with E-state index in [0.29, 0.717) is 40.9 Å². The second-order valence-corrected chi connectivity index (χ2v) is 16.6. The molecule has 3 fully saturated rings. The highest BCUT2D eigenvalue weighted by molar-refractivity contribution is 7.22. The van der Waals surface area contributed by atoms with E-state index in [1.807, 2.05) is 31.2 Å². The van der Waals surface area contributed by atoms with Crippen LogP contribution in [-0.4, -0.2) is 55.1 Å². The molecule has 5 heterocycles. The van der Waals surface area contributed by atoms with E-state index >= 15 is 0 Å². The zero-order valence-corrected chi connectivity index (χ0v) is 31.4. The first-order valence-corrected chi connectivity index (χ1v) is 19.2. The van der Waals surface area contributed by atoms with Crippen molar-refractivity contribution in [2.75, 3.05) is 11.4 Å². The van der Waals surface area contributed by atoms with Gasteiger partial charge in [-0.25, -0.2) is 4.90 Å². The van der Waals surface area contributed by atoms with Gasteiger partial charge in [0.2, 0.25) is 23.6 Å². The molecule has 2 aromatic carbocycles. The first-order valence-electron chi connectivity index (χ1n) is 18.0. The molecule has 276 valence electrons. The molecule has 4 amide bonds. The standard InChI is InChI=1S/C41H37ClN4O7S/c1-20-27-16-22(42)6-13-32(27)54-36(20)30-18-33(44(3)43-30)46-38(50)29-17-28-25(35(41(29,2)40(46)52)31-12-9-24(19-47)53-31)10-11-26-34(28)39(51)45(37(26)49)15-14-21-4-7-23(48)8-5-21/h4-10,12-13,16,18,26,28-29,34-35,47-48H,11,14-15,17,19H2,1-3H3/t26-,28+,29-,34-,35+,41+/m0/s1. The molecule has 2 aliphatic heterocycles. The Balaban J connectivity index is 1.09. The molecule has 3 aromatic heterocycles. The Bertz CT molecular complexity index is 2450. The van der Waals surface area contributed by atoms with Gasteiger partial charge in [0.05, 0.1) is 34.0 Å². The molecule has 5 aromatic rings. The van der Waals surface area contributed by atoms with E-state index in [1.165, 1.54) is 9.80 Å². The minimum Gasteiger partial charge on any atom is -0.508 e. The lowest BCUT2D eigenvalue weighted by Crippen LogP contribution is -2.48. The van der Waals surface area contributed by atoms with Crippen LogP contribution in [0.3, 0.4) is 0 Å². The molecule has 0 unspecified atom stereocenters. The highest BCUT2D eigenvalue weighted by Gasteiger charge is 2.68. The van der Waals surface area contributed by atoms with Crippen molar-refractivity contribution in [3.8, 4) is 16.3 Å². The molecule has 4 aliphatic rings. The Kier molecular flexibility index (Phi) is 8.04. The molecule has 9 rings (SSSR count). The molecule has 2 saturated heterocycles. The molecular formula is C41H37ClN4O7S. The summed E-state index contributed by atoms with van der Waals surface area (Å²) in [5, 5.41) is 26.1. The van der Waals surface area contributed by atoms with E-state index in [2.05, 4.69) is 0 Å². The van der Waals surface area contributed by atoms with Crippen molar-refractivity contribution in [2.24, 2.45) is 36.1 Å². The minimum absolute atomic E-state index is 0.137. The van der Waals surface area contributed by atoms with Gasteiger partial charge in [0.1, 0.15) is 35.4 Å². The Morgan fingerprint density at radius 3 is 2.52 bits per heavy atom. The van der Waals surface area contributed by atoms with Crippen molar-refractivity contribution in [3.63, 3.8) is 0 Å². The predicted molar refractivity (Wildman–Crippen MR) is 202 cm³/mol. The normalized spacial score (nSPS) is 26.5. The van der Waals surface area contributed by atoms with Crippen molar-refractivity contribution in [3.05, 3.63) is 100.0 Å². The number of furan rings is 1. The zero-order chi connectivity index (χ0) is 37.8. The van der Waals surface area contributed by atoms with E-state index < -0.39 is 46.8 Å². The van der Waals surface area contributed by atoms with Gasteiger partial charge in [-0.1, -0.05) is 35.4 Å². The number of nitrogens with zero attached hydrogens (tertiary/aromatic N) is 4. The van der Waals surface area contributed by atoms with Crippen LogP contribution >= 0.6 is 22.9 Å². The molecule has 6 atom stereocenters. The van der Waals surface area contributed by atoms with Crippen LogP contribution in [0.1, 0.15) is 48.3 Å². The molecule has 0 radical (unpaired) electrons. The number of rotatable bonds is 7. The maximum absolute atomic E-state index is 15.0. The number of thiophene rings is 1. The van der Waals surface area contributed by atoms with Crippen molar-refractivity contribution < 1.29 is 33.8 Å². The van der Waals surface area contributed by atoms with Crippen molar-refractivity contribution in [1.29, 1.82) is 0 Å². The number of phenolic OH excluding ortho intramolecular Hbond substituents is 1. The predicted octanol–water partition coefficient (Wildman–Crippen LogP) is 6.53. The summed E-state index contributed by atoms with van der Waals surface area (Å²) in [5.74, 6) is -3.40. The fourth-order valence-electron chi connectivity index (χ4n) is 9.57. The number of hydrogen-bond acceptors (Lipinski definition) is 9. The summed E-state index contributed by atoms with van der Waals surface area (Å²) in [5.41, 5.74) is 2.02. The number of aliphatic hydroxyl groups excluding tert-OH is 1. The molecule has 13 heteroatoms. The van der Waals surface area contributed by atoms with E-state index in [1.54, 1.807) is 72.5 Å². The molecule has 2 aliphatic carbocycles. The second-order valence-electron chi connectivity index (χ2n) is 15.1. The van der Waals surface area contributed by atoms with Gasteiger partial charge in [-0.3, -0.25) is 28.8 Å². The van der Waals surface area contributed by atoms with Gasteiger partial charge in [0.15, 0.2) is 0 Å². The lowest BCUT2D eigenvalue weighted by molar-refractivity contribution is -0.140. The van der Waals surface area contributed by atoms with Crippen LogP contribution in [0, 0.1) is 36.0 Å². The van der Waals surface area contributed by atoms with Gasteiger partial charge < -0.3 is 14.6 Å². The number of carbonyl (C=O) groups excluding carboxylic acids is 4. The number of aliphatic hydroxyl groups is 1. The molecule has 1 saturated carbocycles. The lowest BCUT2D eigenvalue weighted by atomic mass is 9.52. The summed E-state index contributed by atoms with van der Waals surface area (Å²) in [6.07, 6.45) is 2.94. The largest absolute Gasteiger partial charge is 0.508 e. The summed E-state index contributed by atoms with van der Waals surface area (Å²) in [6, 6.07) is 17.6. The van der Waals surface area contributed by atoms with Crippen LogP contribution in [0.4, 0.5) is 5.82 Å². The number of aromatic nitrogens is 2. The van der Waals surface area contributed by atoms with Gasteiger partial charge in [-0.05, 0) is 98.0 Å². The molecule has 0 bridgehead atoms. The van der Waals surface area contributed by atoms with Gasteiger partial charge in [-0.2, -0.15) is 5.10 Å². The number of imide groups is 2. The van der Waals surface area contributed by atoms with Gasteiger partial charge in [0, 0.05) is 29.4 Å². The van der Waals surface area contributed by atoms with Gasteiger partial charge in [-0.15, -0.1) is 11.3 Å².